The fourth-order valence-electron chi connectivity index (χ4n) is 3.05. The number of nitrogens with one attached hydrogen (secondary N) is 1. The van der Waals surface area contributed by atoms with Gasteiger partial charge in [-0.25, -0.2) is 12.8 Å². The molecule has 1 aliphatic rings. The molecular weight excluding hydrogens is 371 g/mol. The number of hydrogen-bond acceptors (Lipinski definition) is 5. The molecule has 1 aromatic carbocycles. The lowest BCUT2D eigenvalue weighted by Gasteiger charge is -2.32. The first-order chi connectivity index (χ1) is 12.7. The molecule has 0 unspecified atom stereocenters. The van der Waals surface area contributed by atoms with Gasteiger partial charge in [-0.1, -0.05) is 12.1 Å². The van der Waals surface area contributed by atoms with Crippen LogP contribution in [0.15, 0.2) is 29.2 Å². The number of rotatable bonds is 8. The molecule has 0 aromatic heterocycles. The number of sulfonamides is 1. The molecule has 0 bridgehead atoms. The summed E-state index contributed by atoms with van der Waals surface area (Å²) in [5.41, 5.74) is 0. The van der Waals surface area contributed by atoms with E-state index in [4.69, 9.17) is 0 Å². The number of likely N-dealkylation sites (N-methyl/N-ethyl adjacent to an activating group) is 2. The zero-order valence-corrected chi connectivity index (χ0v) is 17.0. The number of hydrogen-bond donors (Lipinski definition) is 1. The fraction of sp³-hybridized carbons (Fsp3) is 0.611. The van der Waals surface area contributed by atoms with Crippen LogP contribution < -0.4 is 4.72 Å². The molecule has 0 aliphatic carbocycles. The van der Waals surface area contributed by atoms with Crippen molar-refractivity contribution >= 4 is 15.9 Å². The van der Waals surface area contributed by atoms with Crippen LogP contribution in [0.1, 0.15) is 13.3 Å². The summed E-state index contributed by atoms with van der Waals surface area (Å²) < 4.78 is 40.6. The predicted octanol–water partition coefficient (Wildman–Crippen LogP) is 0.588. The van der Waals surface area contributed by atoms with Gasteiger partial charge in [-0.3, -0.25) is 4.79 Å². The van der Waals surface area contributed by atoms with Crippen molar-refractivity contribution in [1.29, 1.82) is 0 Å². The second-order valence-electron chi connectivity index (χ2n) is 7.03. The second kappa shape index (κ2) is 9.59. The first-order valence-corrected chi connectivity index (χ1v) is 10.6. The highest BCUT2D eigenvalue weighted by atomic mass is 32.2. The summed E-state index contributed by atoms with van der Waals surface area (Å²) >= 11 is 0. The summed E-state index contributed by atoms with van der Waals surface area (Å²) in [6.45, 7) is 7.04. The van der Waals surface area contributed by atoms with Gasteiger partial charge in [0.15, 0.2) is 0 Å². The fourth-order valence-corrected chi connectivity index (χ4v) is 4.33. The highest BCUT2D eigenvalue weighted by Gasteiger charge is 2.26. The topological polar surface area (TPSA) is 73.0 Å². The van der Waals surface area contributed by atoms with Crippen molar-refractivity contribution in [2.45, 2.75) is 24.3 Å². The molecule has 1 saturated heterocycles. The molecule has 0 spiro atoms. The van der Waals surface area contributed by atoms with Gasteiger partial charge >= 0.3 is 0 Å². The molecule has 9 heteroatoms. The third-order valence-corrected chi connectivity index (χ3v) is 6.34. The zero-order chi connectivity index (χ0) is 20.0. The first kappa shape index (κ1) is 21.7. The molecule has 1 aliphatic heterocycles. The van der Waals surface area contributed by atoms with Crippen molar-refractivity contribution < 1.29 is 17.6 Å². The summed E-state index contributed by atoms with van der Waals surface area (Å²) in [5.74, 6) is -1.18. The Morgan fingerprint density at radius 1 is 1.26 bits per heavy atom. The van der Waals surface area contributed by atoms with Crippen LogP contribution in [-0.2, 0) is 14.8 Å². The Kier molecular flexibility index (Phi) is 7.72. The van der Waals surface area contributed by atoms with E-state index in [1.54, 1.807) is 7.05 Å². The van der Waals surface area contributed by atoms with Crippen LogP contribution in [0, 0.1) is 5.82 Å². The van der Waals surface area contributed by atoms with Crippen LogP contribution in [0.5, 0.6) is 0 Å². The highest BCUT2D eigenvalue weighted by molar-refractivity contribution is 7.89. The van der Waals surface area contributed by atoms with Crippen LogP contribution in [0.4, 0.5) is 4.39 Å². The van der Waals surface area contributed by atoms with Crippen LogP contribution in [0.2, 0.25) is 0 Å². The molecule has 1 N–H and O–H groups in total. The van der Waals surface area contributed by atoms with E-state index < -0.39 is 26.8 Å². The number of carbonyl (C=O) groups excluding carboxylic acids is 1. The molecular formula is C18H29FN4O3S. The van der Waals surface area contributed by atoms with Crippen LogP contribution >= 0.6 is 0 Å². The van der Waals surface area contributed by atoms with Gasteiger partial charge in [-0.2, -0.15) is 4.72 Å². The largest absolute Gasteiger partial charge is 0.344 e. The Hall–Kier alpha value is -1.55. The predicted molar refractivity (Wildman–Crippen MR) is 102 cm³/mol. The number of carbonyl (C=O) groups is 1. The van der Waals surface area contributed by atoms with E-state index in [1.807, 2.05) is 0 Å². The van der Waals surface area contributed by atoms with Gasteiger partial charge in [0.2, 0.25) is 15.9 Å². The Bertz CT molecular complexity index is 736. The second-order valence-corrected chi connectivity index (χ2v) is 8.71. The molecule has 1 amide bonds. The van der Waals surface area contributed by atoms with E-state index >= 15 is 0 Å². The lowest BCUT2D eigenvalue weighted by molar-refractivity contribution is -0.131. The molecule has 0 saturated carbocycles. The molecule has 1 heterocycles. The standard InChI is InChI=1S/C18H29FN4O3S/c1-15(20-27(25,26)17-8-5-4-7-16(17)19)18(24)22(3)9-6-10-23-13-11-21(2)12-14-23/h4-5,7-8,15,20H,6,9-14H2,1-3H3/t15-/m0/s1. The van der Waals surface area contributed by atoms with Crippen molar-refractivity contribution in [3.05, 3.63) is 30.1 Å². The number of benzene rings is 1. The normalized spacial score (nSPS) is 17.6. The van der Waals surface area contributed by atoms with E-state index in [0.29, 0.717) is 6.54 Å². The monoisotopic (exact) mass is 400 g/mol. The minimum Gasteiger partial charge on any atom is -0.344 e. The zero-order valence-electron chi connectivity index (χ0n) is 16.2. The van der Waals surface area contributed by atoms with Crippen LogP contribution in [0.3, 0.4) is 0 Å². The Balaban J connectivity index is 1.82. The van der Waals surface area contributed by atoms with Gasteiger partial charge in [0.1, 0.15) is 10.7 Å². The summed E-state index contributed by atoms with van der Waals surface area (Å²) in [4.78, 5) is 18.2. The average molecular weight is 401 g/mol. The van der Waals surface area contributed by atoms with E-state index in [1.165, 1.54) is 30.0 Å². The maximum atomic E-state index is 13.7. The van der Waals surface area contributed by atoms with Gasteiger partial charge in [0.05, 0.1) is 6.04 Å². The maximum absolute atomic E-state index is 13.7. The summed E-state index contributed by atoms with van der Waals surface area (Å²) in [6, 6.07) is 4.13. The quantitative estimate of drug-likeness (QED) is 0.691. The SMILES string of the molecule is C[C@H](NS(=O)(=O)c1ccccc1F)C(=O)N(C)CCCN1CCN(C)CC1. The molecule has 27 heavy (non-hydrogen) atoms. The summed E-state index contributed by atoms with van der Waals surface area (Å²) in [7, 11) is -0.339. The molecule has 2 rings (SSSR count). The molecule has 152 valence electrons. The van der Waals surface area contributed by atoms with E-state index in [-0.39, 0.29) is 5.91 Å². The lowest BCUT2D eigenvalue weighted by atomic mass is 10.2. The van der Waals surface area contributed by atoms with Crippen molar-refractivity contribution in [2.75, 3.05) is 53.4 Å². The maximum Gasteiger partial charge on any atom is 0.244 e. The minimum atomic E-state index is -4.10. The first-order valence-electron chi connectivity index (χ1n) is 9.13. The van der Waals surface area contributed by atoms with E-state index in [2.05, 4.69) is 21.6 Å². The van der Waals surface area contributed by atoms with Crippen molar-refractivity contribution in [3.63, 3.8) is 0 Å². The van der Waals surface area contributed by atoms with Gasteiger partial charge in [0.25, 0.3) is 0 Å². The Labute approximate surface area is 161 Å². The summed E-state index contributed by atoms with van der Waals surface area (Å²) in [5, 5.41) is 0. The minimum absolute atomic E-state index is 0.340. The van der Waals surface area contributed by atoms with Gasteiger partial charge in [-0.05, 0) is 39.1 Å². The van der Waals surface area contributed by atoms with E-state index in [0.717, 1.165) is 45.2 Å². The average Bonchev–Trinajstić information content (AvgIpc) is 2.62. The molecule has 1 aromatic rings. The molecule has 7 nitrogen and oxygen atoms in total. The smallest absolute Gasteiger partial charge is 0.244 e. The van der Waals surface area contributed by atoms with Gasteiger partial charge in [0, 0.05) is 39.8 Å². The number of piperazine rings is 1. The van der Waals surface area contributed by atoms with Crippen LogP contribution in [0.25, 0.3) is 0 Å². The van der Waals surface area contributed by atoms with Crippen LogP contribution in [-0.4, -0.2) is 88.4 Å². The van der Waals surface area contributed by atoms with Gasteiger partial charge in [-0.15, -0.1) is 0 Å². The molecule has 1 atom stereocenters. The molecule has 0 radical (unpaired) electrons. The summed E-state index contributed by atoms with van der Waals surface area (Å²) in [6.07, 6.45) is 0.818. The number of nitrogens with zero attached hydrogens (tertiary/aromatic N) is 3. The third kappa shape index (κ3) is 6.24. The van der Waals surface area contributed by atoms with Crippen molar-refractivity contribution in [2.24, 2.45) is 0 Å². The Morgan fingerprint density at radius 3 is 2.52 bits per heavy atom. The molecule has 1 fully saturated rings. The van der Waals surface area contributed by atoms with E-state index in [9.17, 15) is 17.6 Å². The highest BCUT2D eigenvalue weighted by Crippen LogP contribution is 2.14. The van der Waals surface area contributed by atoms with Gasteiger partial charge < -0.3 is 14.7 Å². The number of amides is 1. The Morgan fingerprint density at radius 2 is 1.89 bits per heavy atom. The van der Waals surface area contributed by atoms with Crippen molar-refractivity contribution in [3.8, 4) is 0 Å². The lowest BCUT2D eigenvalue weighted by Crippen LogP contribution is -2.47. The van der Waals surface area contributed by atoms with Crippen molar-refractivity contribution in [1.82, 2.24) is 19.4 Å². The third-order valence-electron chi connectivity index (χ3n) is 4.77. The number of halogens is 1.